The maximum Gasteiger partial charge on any atom is 0.418 e. The van der Waals surface area contributed by atoms with Gasteiger partial charge in [0.15, 0.2) is 0 Å². The molecule has 1 aliphatic heterocycles. The number of imidazole rings is 1. The highest BCUT2D eigenvalue weighted by atomic mass is 19.4. The highest BCUT2D eigenvalue weighted by Gasteiger charge is 2.43. The molecule has 4 rings (SSSR count). The van der Waals surface area contributed by atoms with Crippen LogP contribution in [0.3, 0.4) is 0 Å². The van der Waals surface area contributed by atoms with Gasteiger partial charge in [0.1, 0.15) is 5.52 Å². The van der Waals surface area contributed by atoms with Crippen LogP contribution in [-0.4, -0.2) is 39.6 Å². The molecule has 31 heavy (non-hydrogen) atoms. The van der Waals surface area contributed by atoms with Gasteiger partial charge >= 0.3 is 6.18 Å². The Bertz CT molecular complexity index is 1150. The Labute approximate surface area is 173 Å². The third kappa shape index (κ3) is 3.90. The van der Waals surface area contributed by atoms with Gasteiger partial charge in [-0.1, -0.05) is 12.1 Å². The van der Waals surface area contributed by atoms with E-state index in [2.05, 4.69) is 14.8 Å². The van der Waals surface area contributed by atoms with E-state index in [1.165, 1.54) is 27.8 Å². The van der Waals surface area contributed by atoms with Gasteiger partial charge in [-0.15, -0.1) is 0 Å². The number of pyridine rings is 1. The number of aromatic nitrogens is 3. The highest BCUT2D eigenvalue weighted by Crippen LogP contribution is 2.37. The highest BCUT2D eigenvalue weighted by molar-refractivity contribution is 5.83. The second-order valence-electron chi connectivity index (χ2n) is 7.35. The van der Waals surface area contributed by atoms with Crippen molar-refractivity contribution in [2.45, 2.75) is 31.1 Å². The number of rotatable bonds is 3. The summed E-state index contributed by atoms with van der Waals surface area (Å²) in [6, 6.07) is 5.38. The molecule has 0 unspecified atom stereocenters. The molecule has 3 heterocycles. The molecule has 1 atom stereocenters. The molecule has 6 nitrogen and oxygen atoms in total. The summed E-state index contributed by atoms with van der Waals surface area (Å²) < 4.78 is 69.9. The lowest BCUT2D eigenvalue weighted by Crippen LogP contribution is -2.55. The lowest BCUT2D eigenvalue weighted by atomic mass is 10.0. The zero-order valence-electron chi connectivity index (χ0n) is 16.1. The van der Waals surface area contributed by atoms with Gasteiger partial charge in [-0.2, -0.15) is 13.2 Å². The van der Waals surface area contributed by atoms with Gasteiger partial charge in [-0.25, -0.2) is 18.6 Å². The van der Waals surface area contributed by atoms with Crippen LogP contribution in [0.1, 0.15) is 17.7 Å². The van der Waals surface area contributed by atoms with E-state index in [1.54, 1.807) is 12.1 Å². The molecule has 2 N–H and O–H groups in total. The molecular formula is C20H17F5N6. The number of hydrogen-bond donors (Lipinski definition) is 1. The number of alkyl halides is 5. The van der Waals surface area contributed by atoms with Crippen molar-refractivity contribution in [3.63, 3.8) is 0 Å². The Kier molecular flexibility index (Phi) is 5.05. The summed E-state index contributed by atoms with van der Waals surface area (Å²) in [5, 5.41) is 0. The van der Waals surface area contributed by atoms with Crippen molar-refractivity contribution in [1.82, 2.24) is 14.5 Å². The van der Waals surface area contributed by atoms with Crippen LogP contribution < -0.4 is 10.6 Å². The molecule has 0 saturated carbocycles. The van der Waals surface area contributed by atoms with Crippen molar-refractivity contribution in [3.8, 4) is 0 Å². The monoisotopic (exact) mass is 436 g/mol. The summed E-state index contributed by atoms with van der Waals surface area (Å²) in [6.45, 7) is 6.70. The van der Waals surface area contributed by atoms with E-state index < -0.39 is 30.1 Å². The van der Waals surface area contributed by atoms with E-state index in [-0.39, 0.29) is 36.6 Å². The summed E-state index contributed by atoms with van der Waals surface area (Å²) in [5.74, 6) is -2.93. The second-order valence-corrected chi connectivity index (χ2v) is 7.35. The summed E-state index contributed by atoms with van der Waals surface area (Å²) in [6.07, 6.45) is -3.79. The quantitative estimate of drug-likeness (QED) is 0.493. The molecular weight excluding hydrogens is 419 g/mol. The average Bonchev–Trinajstić information content (AvgIpc) is 3.08. The first-order chi connectivity index (χ1) is 14.6. The molecule has 0 radical (unpaired) electrons. The maximum atomic E-state index is 13.9. The van der Waals surface area contributed by atoms with Crippen LogP contribution in [0.2, 0.25) is 0 Å². The van der Waals surface area contributed by atoms with Gasteiger partial charge in [0.25, 0.3) is 5.92 Å². The van der Waals surface area contributed by atoms with Crippen LogP contribution >= 0.6 is 0 Å². The fourth-order valence-electron chi connectivity index (χ4n) is 3.61. The Morgan fingerprint density at radius 2 is 2.00 bits per heavy atom. The number of nitrogens with two attached hydrogens (primary N) is 1. The molecule has 1 saturated heterocycles. The molecule has 0 spiro atoms. The van der Waals surface area contributed by atoms with Crippen LogP contribution in [0.15, 0.2) is 36.5 Å². The second kappa shape index (κ2) is 7.46. The molecule has 0 bridgehead atoms. The predicted octanol–water partition coefficient (Wildman–Crippen LogP) is 4.22. The standard InChI is InChI=1S/C20H17F5N6/c1-27-12-5-6-13(28-9-12)10-31-15-4-2-3-14(20(23,24)25)17(15)29-18(31)30-8-7-19(21,22)16(26)11-30/h2-6,9,16H,7-8,10-11,26H2/t16-/m1/s1. The average molecular weight is 436 g/mol. The Morgan fingerprint density at radius 1 is 1.23 bits per heavy atom. The van der Waals surface area contributed by atoms with Crippen molar-refractivity contribution in [3.05, 3.63) is 59.2 Å². The zero-order valence-corrected chi connectivity index (χ0v) is 16.1. The van der Waals surface area contributed by atoms with Crippen LogP contribution in [0.5, 0.6) is 0 Å². The fraction of sp³-hybridized carbons (Fsp3) is 0.350. The largest absolute Gasteiger partial charge is 0.418 e. The molecule has 1 aliphatic rings. The first kappa shape index (κ1) is 21.0. The van der Waals surface area contributed by atoms with Gasteiger partial charge in [-0.3, -0.25) is 4.98 Å². The van der Waals surface area contributed by atoms with E-state index >= 15 is 0 Å². The van der Waals surface area contributed by atoms with Crippen LogP contribution in [0.25, 0.3) is 15.9 Å². The Balaban J connectivity index is 1.83. The maximum absolute atomic E-state index is 13.9. The van der Waals surface area contributed by atoms with Crippen molar-refractivity contribution >= 4 is 22.7 Å². The van der Waals surface area contributed by atoms with Crippen LogP contribution in [0, 0.1) is 6.57 Å². The van der Waals surface area contributed by atoms with Crippen molar-refractivity contribution < 1.29 is 22.0 Å². The number of halogens is 5. The number of nitrogens with zero attached hydrogens (tertiary/aromatic N) is 5. The molecule has 1 fully saturated rings. The van der Waals surface area contributed by atoms with Crippen LogP contribution in [0.4, 0.5) is 33.6 Å². The number of hydrogen-bond acceptors (Lipinski definition) is 4. The van der Waals surface area contributed by atoms with E-state index in [4.69, 9.17) is 12.3 Å². The van der Waals surface area contributed by atoms with Crippen molar-refractivity contribution in [1.29, 1.82) is 0 Å². The SMILES string of the molecule is [C-]#[N+]c1ccc(Cn2c(N3CCC(F)(F)[C@H](N)C3)nc3c(C(F)(F)F)cccc32)nc1. The van der Waals surface area contributed by atoms with Gasteiger partial charge < -0.3 is 15.2 Å². The summed E-state index contributed by atoms with van der Waals surface area (Å²) in [4.78, 5) is 13.1. The van der Waals surface area contributed by atoms with E-state index in [0.29, 0.717) is 11.4 Å². The predicted molar refractivity (Wildman–Crippen MR) is 104 cm³/mol. The third-order valence-corrected chi connectivity index (χ3v) is 5.28. The van der Waals surface area contributed by atoms with Gasteiger partial charge in [0.2, 0.25) is 11.6 Å². The van der Waals surface area contributed by atoms with Crippen molar-refractivity contribution in [2.24, 2.45) is 5.73 Å². The molecule has 162 valence electrons. The number of anilines is 1. The number of benzene rings is 1. The van der Waals surface area contributed by atoms with E-state index in [0.717, 1.165) is 6.07 Å². The van der Waals surface area contributed by atoms with Gasteiger partial charge in [-0.05, 0) is 18.2 Å². The van der Waals surface area contributed by atoms with Crippen molar-refractivity contribution in [2.75, 3.05) is 18.0 Å². The normalized spacial score (nSPS) is 18.9. The molecule has 3 aromatic rings. The first-order valence-electron chi connectivity index (χ1n) is 9.37. The zero-order chi connectivity index (χ0) is 22.4. The fourth-order valence-corrected chi connectivity index (χ4v) is 3.61. The number of fused-ring (bicyclic) bond motifs is 1. The Hall–Kier alpha value is -3.26. The number of para-hydroxylation sites is 1. The minimum Gasteiger partial charge on any atom is -0.340 e. The molecule has 2 aromatic heterocycles. The van der Waals surface area contributed by atoms with Crippen LogP contribution in [-0.2, 0) is 12.7 Å². The minimum atomic E-state index is -4.63. The van der Waals surface area contributed by atoms with E-state index in [1.807, 2.05) is 0 Å². The van der Waals surface area contributed by atoms with Gasteiger partial charge in [0, 0.05) is 25.7 Å². The van der Waals surface area contributed by atoms with E-state index in [9.17, 15) is 22.0 Å². The third-order valence-electron chi connectivity index (χ3n) is 5.28. The minimum absolute atomic E-state index is 0.0492. The first-order valence-corrected chi connectivity index (χ1v) is 9.37. The smallest absolute Gasteiger partial charge is 0.340 e. The summed E-state index contributed by atoms with van der Waals surface area (Å²) in [7, 11) is 0. The Morgan fingerprint density at radius 3 is 2.61 bits per heavy atom. The summed E-state index contributed by atoms with van der Waals surface area (Å²) >= 11 is 0. The lowest BCUT2D eigenvalue weighted by Gasteiger charge is -2.37. The van der Waals surface area contributed by atoms with Gasteiger partial charge in [0.05, 0.1) is 35.9 Å². The molecule has 0 aliphatic carbocycles. The molecule has 1 aromatic carbocycles. The lowest BCUT2D eigenvalue weighted by molar-refractivity contribution is -0.136. The topological polar surface area (TPSA) is 64.3 Å². The number of piperidine rings is 1. The molecule has 11 heteroatoms. The molecule has 0 amide bonds. The summed E-state index contributed by atoms with van der Waals surface area (Å²) in [5.41, 5.74) is 5.45.